The van der Waals surface area contributed by atoms with Crippen LogP contribution in [-0.2, 0) is 16.0 Å². The Hall–Kier alpha value is -3.07. The number of carbonyl (C=O) groups is 1. The SMILES string of the molecule is C=CC(=O)OCCCc1ccc2c(ccc3cc(OC(=C)C)ccc32)c1. The molecule has 0 unspecified atom stereocenters. The number of ether oxygens (including phenoxy) is 2. The molecule has 0 aliphatic heterocycles. The summed E-state index contributed by atoms with van der Waals surface area (Å²) in [5.41, 5.74) is 1.23. The summed E-state index contributed by atoms with van der Waals surface area (Å²) in [5, 5.41) is 4.75. The molecular weight excluding hydrogens is 324 g/mol. The van der Waals surface area contributed by atoms with Gasteiger partial charge in [-0.15, -0.1) is 0 Å². The van der Waals surface area contributed by atoms with Gasteiger partial charge in [0.1, 0.15) is 5.75 Å². The number of hydrogen-bond donors (Lipinski definition) is 0. The number of rotatable bonds is 7. The monoisotopic (exact) mass is 346 g/mol. The van der Waals surface area contributed by atoms with E-state index in [0.29, 0.717) is 12.4 Å². The quantitative estimate of drug-likeness (QED) is 0.184. The van der Waals surface area contributed by atoms with Crippen molar-refractivity contribution in [3.63, 3.8) is 0 Å². The van der Waals surface area contributed by atoms with Crippen molar-refractivity contribution < 1.29 is 14.3 Å². The fourth-order valence-corrected chi connectivity index (χ4v) is 3.03. The third-order valence-corrected chi connectivity index (χ3v) is 4.18. The number of carbonyl (C=O) groups excluding carboxylic acids is 1. The van der Waals surface area contributed by atoms with Crippen LogP contribution < -0.4 is 4.74 Å². The van der Waals surface area contributed by atoms with Crippen LogP contribution in [0.2, 0.25) is 0 Å². The van der Waals surface area contributed by atoms with Crippen LogP contribution in [0.4, 0.5) is 0 Å². The zero-order chi connectivity index (χ0) is 18.5. The highest BCUT2D eigenvalue weighted by Gasteiger charge is 2.05. The number of aryl methyl sites for hydroxylation is 1. The minimum atomic E-state index is -0.370. The second-order valence-corrected chi connectivity index (χ2v) is 6.28. The number of benzene rings is 3. The highest BCUT2D eigenvalue weighted by Crippen LogP contribution is 2.29. The summed E-state index contributed by atoms with van der Waals surface area (Å²) in [5.74, 6) is 1.11. The molecule has 0 saturated heterocycles. The first-order chi connectivity index (χ1) is 12.6. The summed E-state index contributed by atoms with van der Waals surface area (Å²) in [6.45, 7) is 9.42. The first kappa shape index (κ1) is 17.7. The van der Waals surface area contributed by atoms with E-state index in [2.05, 4.69) is 49.6 Å². The summed E-state index contributed by atoms with van der Waals surface area (Å²) < 4.78 is 10.6. The maximum Gasteiger partial charge on any atom is 0.330 e. The van der Waals surface area contributed by atoms with Crippen molar-refractivity contribution in [3.05, 3.63) is 79.1 Å². The standard InChI is InChI=1S/C23H22O3/c1-4-23(24)25-13-5-6-17-7-11-21-18(14-17)8-9-19-15-20(26-16(2)3)10-12-22(19)21/h4,7-12,14-15H,1-2,5-6,13H2,3H3. The van der Waals surface area contributed by atoms with E-state index >= 15 is 0 Å². The molecule has 132 valence electrons. The molecule has 3 heteroatoms. The van der Waals surface area contributed by atoms with E-state index in [-0.39, 0.29) is 5.97 Å². The van der Waals surface area contributed by atoms with Crippen molar-refractivity contribution in [3.8, 4) is 5.75 Å². The summed E-state index contributed by atoms with van der Waals surface area (Å²) in [7, 11) is 0. The molecule has 26 heavy (non-hydrogen) atoms. The van der Waals surface area contributed by atoms with Crippen LogP contribution in [0.3, 0.4) is 0 Å². The van der Waals surface area contributed by atoms with E-state index < -0.39 is 0 Å². The van der Waals surface area contributed by atoms with Crippen LogP contribution in [0.1, 0.15) is 18.9 Å². The molecule has 0 aliphatic rings. The second kappa shape index (κ2) is 7.87. The number of hydrogen-bond acceptors (Lipinski definition) is 3. The van der Waals surface area contributed by atoms with Crippen LogP contribution >= 0.6 is 0 Å². The third-order valence-electron chi connectivity index (χ3n) is 4.18. The molecule has 0 aromatic heterocycles. The largest absolute Gasteiger partial charge is 0.463 e. The molecule has 0 atom stereocenters. The first-order valence-corrected chi connectivity index (χ1v) is 8.65. The van der Waals surface area contributed by atoms with Gasteiger partial charge in [-0.25, -0.2) is 4.79 Å². The molecule has 0 fully saturated rings. The van der Waals surface area contributed by atoms with E-state index in [0.717, 1.165) is 24.0 Å². The van der Waals surface area contributed by atoms with Crippen molar-refractivity contribution in [2.45, 2.75) is 19.8 Å². The van der Waals surface area contributed by atoms with Crippen LogP contribution in [0.25, 0.3) is 21.5 Å². The van der Waals surface area contributed by atoms with E-state index in [9.17, 15) is 4.79 Å². The second-order valence-electron chi connectivity index (χ2n) is 6.28. The fraction of sp³-hybridized carbons (Fsp3) is 0.174. The molecular formula is C23H22O3. The minimum absolute atomic E-state index is 0.370. The first-order valence-electron chi connectivity index (χ1n) is 8.65. The lowest BCUT2D eigenvalue weighted by Crippen LogP contribution is -2.02. The summed E-state index contributed by atoms with van der Waals surface area (Å²) in [6, 6.07) is 16.8. The summed E-state index contributed by atoms with van der Waals surface area (Å²) in [4.78, 5) is 11.1. The maximum absolute atomic E-state index is 11.1. The average molecular weight is 346 g/mol. The lowest BCUT2D eigenvalue weighted by Gasteiger charge is -2.09. The molecule has 0 radical (unpaired) electrons. The molecule has 0 amide bonds. The summed E-state index contributed by atoms with van der Waals surface area (Å²) in [6.07, 6.45) is 2.85. The van der Waals surface area contributed by atoms with Crippen molar-refractivity contribution in [2.24, 2.45) is 0 Å². The average Bonchev–Trinajstić information content (AvgIpc) is 2.64. The molecule has 3 nitrogen and oxygen atoms in total. The molecule has 3 aromatic carbocycles. The highest BCUT2D eigenvalue weighted by atomic mass is 16.5. The predicted octanol–water partition coefficient (Wildman–Crippen LogP) is 5.57. The number of esters is 1. The Balaban J connectivity index is 1.79. The van der Waals surface area contributed by atoms with Crippen LogP contribution in [0.15, 0.2) is 73.5 Å². The molecule has 3 aromatic rings. The van der Waals surface area contributed by atoms with Crippen LogP contribution in [0.5, 0.6) is 5.75 Å². The maximum atomic E-state index is 11.1. The van der Waals surface area contributed by atoms with Gasteiger partial charge in [0.2, 0.25) is 0 Å². The Kier molecular flexibility index (Phi) is 5.37. The van der Waals surface area contributed by atoms with Gasteiger partial charge in [0.25, 0.3) is 0 Å². The van der Waals surface area contributed by atoms with Gasteiger partial charge in [-0.05, 0) is 59.0 Å². The lowest BCUT2D eigenvalue weighted by molar-refractivity contribution is -0.137. The molecule has 0 spiro atoms. The van der Waals surface area contributed by atoms with Crippen LogP contribution in [0, 0.1) is 0 Å². The van der Waals surface area contributed by atoms with E-state index in [1.54, 1.807) is 0 Å². The predicted molar refractivity (Wildman–Crippen MR) is 106 cm³/mol. The van der Waals surface area contributed by atoms with Gasteiger partial charge in [0.05, 0.1) is 12.4 Å². The van der Waals surface area contributed by atoms with Gasteiger partial charge in [-0.3, -0.25) is 0 Å². The Bertz CT molecular complexity index is 985. The Morgan fingerprint density at radius 3 is 2.42 bits per heavy atom. The van der Waals surface area contributed by atoms with Gasteiger partial charge >= 0.3 is 5.97 Å². The molecule has 0 aliphatic carbocycles. The molecule has 0 saturated carbocycles. The van der Waals surface area contributed by atoms with Crippen molar-refractivity contribution in [1.29, 1.82) is 0 Å². The molecule has 0 bridgehead atoms. The fourth-order valence-electron chi connectivity index (χ4n) is 3.03. The van der Waals surface area contributed by atoms with Gasteiger partial charge in [-0.1, -0.05) is 49.6 Å². The molecule has 0 N–H and O–H groups in total. The lowest BCUT2D eigenvalue weighted by atomic mass is 9.98. The number of allylic oxidation sites excluding steroid dienone is 1. The van der Waals surface area contributed by atoms with Gasteiger partial charge < -0.3 is 9.47 Å². The zero-order valence-corrected chi connectivity index (χ0v) is 15.0. The minimum Gasteiger partial charge on any atom is -0.463 e. The zero-order valence-electron chi connectivity index (χ0n) is 15.0. The Morgan fingerprint density at radius 1 is 1.04 bits per heavy atom. The van der Waals surface area contributed by atoms with E-state index in [1.807, 2.05) is 19.1 Å². The van der Waals surface area contributed by atoms with Crippen molar-refractivity contribution >= 4 is 27.5 Å². The molecule has 3 rings (SSSR count). The van der Waals surface area contributed by atoms with Crippen LogP contribution in [-0.4, -0.2) is 12.6 Å². The highest BCUT2D eigenvalue weighted by molar-refractivity contribution is 6.07. The van der Waals surface area contributed by atoms with Gasteiger partial charge in [0.15, 0.2) is 0 Å². The summed E-state index contributed by atoms with van der Waals surface area (Å²) >= 11 is 0. The normalized spacial score (nSPS) is 10.7. The Labute approximate surface area is 153 Å². The molecule has 0 heterocycles. The van der Waals surface area contributed by atoms with Crippen molar-refractivity contribution in [1.82, 2.24) is 0 Å². The van der Waals surface area contributed by atoms with Crippen molar-refractivity contribution in [2.75, 3.05) is 6.61 Å². The van der Waals surface area contributed by atoms with Gasteiger partial charge in [0, 0.05) is 6.08 Å². The van der Waals surface area contributed by atoms with E-state index in [1.165, 1.54) is 27.8 Å². The van der Waals surface area contributed by atoms with E-state index in [4.69, 9.17) is 9.47 Å². The smallest absolute Gasteiger partial charge is 0.330 e. The Morgan fingerprint density at radius 2 is 1.73 bits per heavy atom. The topological polar surface area (TPSA) is 35.5 Å². The van der Waals surface area contributed by atoms with Gasteiger partial charge in [-0.2, -0.15) is 0 Å². The third kappa shape index (κ3) is 4.12. The number of fused-ring (bicyclic) bond motifs is 3.